The third-order valence-electron chi connectivity index (χ3n) is 3.18. The number of nitrogens with zero attached hydrogens (tertiary/aromatic N) is 2. The van der Waals surface area contributed by atoms with Crippen LogP contribution in [0.3, 0.4) is 0 Å². The van der Waals surface area contributed by atoms with E-state index in [1.807, 2.05) is 31.2 Å². The lowest BCUT2D eigenvalue weighted by Gasteiger charge is -2.04. The molecule has 26 heavy (non-hydrogen) atoms. The lowest BCUT2D eigenvalue weighted by Crippen LogP contribution is -2.23. The molecular weight excluding hydrogens is 358 g/mol. The van der Waals surface area contributed by atoms with Gasteiger partial charge in [0.25, 0.3) is 0 Å². The molecule has 2 aromatic rings. The van der Waals surface area contributed by atoms with Crippen LogP contribution in [0, 0.1) is 0 Å². The molecule has 1 heterocycles. The quantitative estimate of drug-likeness (QED) is 0.659. The van der Waals surface area contributed by atoms with E-state index in [0.29, 0.717) is 6.61 Å². The first-order valence-corrected chi connectivity index (χ1v) is 9.99. The summed E-state index contributed by atoms with van der Waals surface area (Å²) in [6.07, 6.45) is 5.27. The van der Waals surface area contributed by atoms with E-state index in [9.17, 15) is 13.2 Å². The number of aromatic nitrogens is 2. The van der Waals surface area contributed by atoms with Crippen LogP contribution in [-0.2, 0) is 21.1 Å². The summed E-state index contributed by atoms with van der Waals surface area (Å²) in [6.45, 7) is 2.96. The lowest BCUT2D eigenvalue weighted by atomic mass is 10.2. The number of carbonyl (C=O) groups excluding carboxylic acids is 1. The van der Waals surface area contributed by atoms with Gasteiger partial charge in [-0.15, -0.1) is 5.10 Å². The predicted octanol–water partition coefficient (Wildman–Crippen LogP) is 1.63. The largest absolute Gasteiger partial charge is 0.494 e. The van der Waals surface area contributed by atoms with Crippen molar-refractivity contribution in [2.75, 3.05) is 19.4 Å². The first-order chi connectivity index (χ1) is 12.4. The third-order valence-corrected chi connectivity index (χ3v) is 3.98. The molecule has 0 bridgehead atoms. The minimum absolute atomic E-state index is 0.150. The van der Waals surface area contributed by atoms with Crippen molar-refractivity contribution in [3.63, 3.8) is 0 Å². The van der Waals surface area contributed by atoms with E-state index in [-0.39, 0.29) is 24.8 Å². The molecule has 1 aromatic carbocycles. The van der Waals surface area contributed by atoms with Crippen molar-refractivity contribution in [3.8, 4) is 5.75 Å². The van der Waals surface area contributed by atoms with Crippen LogP contribution in [-0.4, -0.2) is 43.9 Å². The third kappa shape index (κ3) is 6.32. The second-order valence-electron chi connectivity index (χ2n) is 5.53. The maximum Gasteiger partial charge on any atom is 0.335 e. The van der Waals surface area contributed by atoms with E-state index < -0.39 is 15.1 Å². The number of amides is 1. The Kier molecular flexibility index (Phi) is 6.90. The van der Waals surface area contributed by atoms with Crippen LogP contribution < -0.4 is 10.1 Å². The highest BCUT2D eigenvalue weighted by atomic mass is 32.2. The average molecular weight is 379 g/mol. The minimum Gasteiger partial charge on any atom is -0.494 e. The zero-order valence-electron chi connectivity index (χ0n) is 14.6. The minimum atomic E-state index is -3.52. The Bertz CT molecular complexity index is 857. The van der Waals surface area contributed by atoms with Crippen LogP contribution in [0.1, 0.15) is 24.8 Å². The van der Waals surface area contributed by atoms with E-state index >= 15 is 0 Å². The molecule has 0 atom stereocenters. The Hall–Kier alpha value is -2.68. The summed E-state index contributed by atoms with van der Waals surface area (Å²) in [6, 6.07) is 7.42. The van der Waals surface area contributed by atoms with Crippen LogP contribution in [0.2, 0.25) is 0 Å². The highest BCUT2D eigenvalue weighted by Gasteiger charge is 2.16. The molecule has 1 aromatic heterocycles. The summed E-state index contributed by atoms with van der Waals surface area (Å²) in [5.74, 6) is 0.665. The van der Waals surface area contributed by atoms with Crippen molar-refractivity contribution in [1.82, 2.24) is 15.5 Å². The van der Waals surface area contributed by atoms with Gasteiger partial charge in [0.05, 0.1) is 6.61 Å². The van der Waals surface area contributed by atoms with Gasteiger partial charge in [0.1, 0.15) is 5.75 Å². The summed E-state index contributed by atoms with van der Waals surface area (Å²) in [5.41, 5.74) is 0.874. The van der Waals surface area contributed by atoms with E-state index in [0.717, 1.165) is 24.0 Å². The highest BCUT2D eigenvalue weighted by Crippen LogP contribution is 2.13. The maximum atomic E-state index is 11.8. The summed E-state index contributed by atoms with van der Waals surface area (Å²) in [7, 11) is -3.52. The molecule has 0 saturated carbocycles. The van der Waals surface area contributed by atoms with Gasteiger partial charge >= 0.3 is 5.22 Å². The van der Waals surface area contributed by atoms with Gasteiger partial charge in [0.2, 0.25) is 21.6 Å². The number of rotatable bonds is 9. The highest BCUT2D eigenvalue weighted by molar-refractivity contribution is 7.90. The van der Waals surface area contributed by atoms with Crippen molar-refractivity contribution in [2.24, 2.45) is 0 Å². The van der Waals surface area contributed by atoms with Crippen molar-refractivity contribution in [3.05, 3.63) is 41.8 Å². The number of sulfone groups is 1. The van der Waals surface area contributed by atoms with Gasteiger partial charge < -0.3 is 14.5 Å². The molecule has 140 valence electrons. The van der Waals surface area contributed by atoms with Gasteiger partial charge in [-0.1, -0.05) is 24.2 Å². The summed E-state index contributed by atoms with van der Waals surface area (Å²) in [4.78, 5) is 11.8. The number of ether oxygens (including phenoxy) is 1. The van der Waals surface area contributed by atoms with Crippen molar-refractivity contribution >= 4 is 21.8 Å². The summed E-state index contributed by atoms with van der Waals surface area (Å²) >= 11 is 0. The molecule has 0 saturated heterocycles. The second kappa shape index (κ2) is 9.14. The van der Waals surface area contributed by atoms with Crippen LogP contribution in [0.25, 0.3) is 6.08 Å². The van der Waals surface area contributed by atoms with Gasteiger partial charge in [-0.2, -0.15) is 0 Å². The van der Waals surface area contributed by atoms with Gasteiger partial charge in [0.15, 0.2) is 0 Å². The Morgan fingerprint density at radius 1 is 1.27 bits per heavy atom. The fraction of sp³-hybridized carbons (Fsp3) is 0.353. The first-order valence-electron chi connectivity index (χ1n) is 8.09. The molecule has 0 unspecified atom stereocenters. The standard InChI is InChI=1S/C17H21N3O5S/c1-3-12-24-14-7-4-13(5-8-14)6-9-15(21)18-11-10-16-19-20-17(25-16)26(2,22)23/h4-9H,3,10-12H2,1-2H3,(H,18,21)/b9-6+. The molecule has 0 aliphatic heterocycles. The molecule has 9 heteroatoms. The first kappa shape index (κ1) is 19.6. The molecule has 0 aliphatic carbocycles. The van der Waals surface area contributed by atoms with E-state index in [4.69, 9.17) is 9.15 Å². The van der Waals surface area contributed by atoms with Crippen LogP contribution in [0.5, 0.6) is 5.75 Å². The zero-order valence-corrected chi connectivity index (χ0v) is 15.5. The number of hydrogen-bond donors (Lipinski definition) is 1. The van der Waals surface area contributed by atoms with Crippen LogP contribution in [0.4, 0.5) is 0 Å². The van der Waals surface area contributed by atoms with Crippen molar-refractivity contribution in [1.29, 1.82) is 0 Å². The summed E-state index contributed by atoms with van der Waals surface area (Å²) in [5, 5.41) is 9.31. The summed E-state index contributed by atoms with van der Waals surface area (Å²) < 4.78 is 33.0. The van der Waals surface area contributed by atoms with Crippen LogP contribution >= 0.6 is 0 Å². The second-order valence-corrected chi connectivity index (χ2v) is 7.42. The van der Waals surface area contributed by atoms with E-state index in [2.05, 4.69) is 15.5 Å². The van der Waals surface area contributed by atoms with Gasteiger partial charge in [0, 0.05) is 25.3 Å². The van der Waals surface area contributed by atoms with Crippen molar-refractivity contribution in [2.45, 2.75) is 25.0 Å². The molecule has 0 spiro atoms. The SMILES string of the molecule is CCCOc1ccc(/C=C/C(=O)NCCc2nnc(S(C)(=O)=O)o2)cc1. The molecule has 8 nitrogen and oxygen atoms in total. The van der Waals surface area contributed by atoms with E-state index in [1.165, 1.54) is 6.08 Å². The molecule has 1 N–H and O–H groups in total. The lowest BCUT2D eigenvalue weighted by molar-refractivity contribution is -0.116. The molecule has 0 aliphatic rings. The molecule has 0 radical (unpaired) electrons. The monoisotopic (exact) mass is 379 g/mol. The van der Waals surface area contributed by atoms with Gasteiger partial charge in [-0.05, 0) is 30.2 Å². The maximum absolute atomic E-state index is 11.8. The smallest absolute Gasteiger partial charge is 0.335 e. The molecular formula is C17H21N3O5S. The zero-order chi connectivity index (χ0) is 19.0. The molecule has 0 fully saturated rings. The Morgan fingerprint density at radius 2 is 2.00 bits per heavy atom. The van der Waals surface area contributed by atoms with Gasteiger partial charge in [-0.3, -0.25) is 4.79 Å². The molecule has 1 amide bonds. The Morgan fingerprint density at radius 3 is 2.62 bits per heavy atom. The fourth-order valence-corrected chi connectivity index (χ4v) is 2.34. The van der Waals surface area contributed by atoms with Crippen LogP contribution in [0.15, 0.2) is 40.0 Å². The van der Waals surface area contributed by atoms with E-state index in [1.54, 1.807) is 6.08 Å². The predicted molar refractivity (Wildman–Crippen MR) is 95.4 cm³/mol. The topological polar surface area (TPSA) is 111 Å². The number of nitrogens with one attached hydrogen (secondary N) is 1. The Labute approximate surface area is 152 Å². The molecule has 2 rings (SSSR count). The number of carbonyl (C=O) groups is 1. The fourth-order valence-electron chi connectivity index (χ4n) is 1.91. The average Bonchev–Trinajstić information content (AvgIpc) is 3.08. The number of hydrogen-bond acceptors (Lipinski definition) is 7. The van der Waals surface area contributed by atoms with Gasteiger partial charge in [-0.25, -0.2) is 8.42 Å². The normalized spacial score (nSPS) is 11.6. The Balaban J connectivity index is 1.77. The van der Waals surface area contributed by atoms with Crippen molar-refractivity contribution < 1.29 is 22.4 Å². The number of benzene rings is 1.